The first-order chi connectivity index (χ1) is 30.7. The van der Waals surface area contributed by atoms with Crippen molar-refractivity contribution in [3.05, 3.63) is 118 Å². The third-order valence-corrected chi connectivity index (χ3v) is 15.7. The number of aromatic hydroxyl groups is 1. The molecule has 4 amide bonds. The Bertz CT molecular complexity index is 2440. The van der Waals surface area contributed by atoms with Gasteiger partial charge in [-0.15, -0.1) is 0 Å². The van der Waals surface area contributed by atoms with E-state index >= 15 is 0 Å². The first-order valence-corrected chi connectivity index (χ1v) is 23.1. The molecule has 6 aliphatic heterocycles. The number of fused-ring (bicyclic) bond motifs is 5. The Hall–Kier alpha value is -5.88. The number of likely N-dealkylation sites (tertiary alicyclic amines) is 1. The molecule has 63 heavy (non-hydrogen) atoms. The number of benzene rings is 4. The summed E-state index contributed by atoms with van der Waals surface area (Å²) >= 11 is 0. The van der Waals surface area contributed by atoms with Gasteiger partial charge in [-0.1, -0.05) is 48.5 Å². The highest BCUT2D eigenvalue weighted by Gasteiger charge is 2.43. The van der Waals surface area contributed by atoms with E-state index in [4.69, 9.17) is 4.74 Å². The highest BCUT2D eigenvalue weighted by atomic mass is 16.5. The fourth-order valence-electron chi connectivity index (χ4n) is 12.1. The molecule has 326 valence electrons. The predicted molar refractivity (Wildman–Crippen MR) is 239 cm³/mol. The number of carbonyl (C=O) groups excluding carboxylic acids is 4. The summed E-state index contributed by atoms with van der Waals surface area (Å²) in [6.45, 7) is 7.15. The lowest BCUT2D eigenvalue weighted by Gasteiger charge is -2.48. The monoisotopic (exact) mass is 848 g/mol. The van der Waals surface area contributed by atoms with Crippen molar-refractivity contribution < 1.29 is 29.0 Å². The van der Waals surface area contributed by atoms with E-state index in [-0.39, 0.29) is 41.5 Å². The van der Waals surface area contributed by atoms with Gasteiger partial charge in [-0.3, -0.25) is 29.4 Å². The molecule has 11 rings (SSSR count). The van der Waals surface area contributed by atoms with Gasteiger partial charge in [0.2, 0.25) is 17.7 Å². The topological polar surface area (TPSA) is 126 Å². The smallest absolute Gasteiger partial charge is 0.255 e. The normalized spacial score (nSPS) is 25.5. The Morgan fingerprint density at radius 3 is 2.33 bits per heavy atom. The van der Waals surface area contributed by atoms with Crippen molar-refractivity contribution in [2.75, 3.05) is 68.8 Å². The number of hydrogen-bond donors (Lipinski definition) is 2. The average molecular weight is 849 g/mol. The van der Waals surface area contributed by atoms with Crippen LogP contribution in [0.4, 0.5) is 11.4 Å². The molecule has 0 radical (unpaired) electrons. The molecule has 4 atom stereocenters. The van der Waals surface area contributed by atoms with Crippen molar-refractivity contribution >= 4 is 35.0 Å². The maximum Gasteiger partial charge on any atom is 0.255 e. The summed E-state index contributed by atoms with van der Waals surface area (Å²) in [4.78, 5) is 62.3. The number of rotatable bonds is 6. The summed E-state index contributed by atoms with van der Waals surface area (Å²) in [5.41, 5.74) is 9.23. The van der Waals surface area contributed by atoms with Gasteiger partial charge < -0.3 is 29.4 Å². The van der Waals surface area contributed by atoms with E-state index in [1.165, 1.54) is 27.9 Å². The molecule has 0 aromatic heterocycles. The van der Waals surface area contributed by atoms with E-state index in [2.05, 4.69) is 85.6 Å². The molecule has 12 heteroatoms. The minimum absolute atomic E-state index is 0.0945. The number of piperidine rings is 3. The third kappa shape index (κ3) is 7.39. The SMILES string of the molecule is O=C1CCC(N2Cc3cc4c(cc3C2=O)OC[C@@H]2CN(CC(=O)N3CCC5(CC3)CCN(c3ccc([C@@H]6c7ccc(O)cc7CC[C@@H]6c6ccccc6)cc3)CC5)CCN42)C(=O)N1. The Balaban J connectivity index is 0.673. The zero-order valence-electron chi connectivity index (χ0n) is 35.8. The lowest BCUT2D eigenvalue weighted by atomic mass is 9.69. The van der Waals surface area contributed by atoms with Crippen molar-refractivity contribution in [3.63, 3.8) is 0 Å². The van der Waals surface area contributed by atoms with Gasteiger partial charge >= 0.3 is 0 Å². The average Bonchev–Trinajstić information content (AvgIpc) is 3.62. The van der Waals surface area contributed by atoms with Gasteiger partial charge in [0.25, 0.3) is 5.91 Å². The van der Waals surface area contributed by atoms with Crippen molar-refractivity contribution in [2.45, 2.75) is 81.8 Å². The molecule has 6 heterocycles. The van der Waals surface area contributed by atoms with Gasteiger partial charge in [0, 0.05) is 75.9 Å². The van der Waals surface area contributed by atoms with Gasteiger partial charge in [-0.2, -0.15) is 0 Å². The molecule has 0 saturated carbocycles. The second-order valence-corrected chi connectivity index (χ2v) is 19.1. The van der Waals surface area contributed by atoms with Crippen LogP contribution in [0.15, 0.2) is 84.9 Å². The second kappa shape index (κ2) is 16.0. The number of phenolic OH excluding ortho intramolecular Hbond substituents is 1. The van der Waals surface area contributed by atoms with Crippen LogP contribution in [0.2, 0.25) is 0 Å². The highest BCUT2D eigenvalue weighted by molar-refractivity contribution is 6.06. The summed E-state index contributed by atoms with van der Waals surface area (Å²) in [6.07, 6.45) is 6.97. The lowest BCUT2D eigenvalue weighted by molar-refractivity contribution is -0.137. The van der Waals surface area contributed by atoms with Crippen LogP contribution in [0.1, 0.15) is 95.0 Å². The van der Waals surface area contributed by atoms with Crippen LogP contribution in [0, 0.1) is 5.41 Å². The van der Waals surface area contributed by atoms with Gasteiger partial charge in [0.1, 0.15) is 24.1 Å². The number of piperazine rings is 1. The molecular weight excluding hydrogens is 793 g/mol. The minimum atomic E-state index is -0.651. The quantitative estimate of drug-likeness (QED) is 0.232. The molecule has 4 fully saturated rings. The largest absolute Gasteiger partial charge is 0.508 e. The summed E-state index contributed by atoms with van der Waals surface area (Å²) < 4.78 is 6.25. The molecule has 1 aliphatic carbocycles. The fourth-order valence-corrected chi connectivity index (χ4v) is 12.1. The number of aryl methyl sites for hydroxylation is 1. The van der Waals surface area contributed by atoms with E-state index in [0.29, 0.717) is 49.1 Å². The summed E-state index contributed by atoms with van der Waals surface area (Å²) in [7, 11) is 0. The number of nitrogens with zero attached hydrogens (tertiary/aromatic N) is 5. The van der Waals surface area contributed by atoms with E-state index in [1.807, 2.05) is 24.3 Å². The number of nitrogens with one attached hydrogen (secondary N) is 1. The Labute approximate surface area is 368 Å². The van der Waals surface area contributed by atoms with Crippen molar-refractivity contribution in [3.8, 4) is 11.5 Å². The molecular formula is C51H56N6O6. The Kier molecular flexibility index (Phi) is 10.2. The lowest BCUT2D eigenvalue weighted by Crippen LogP contribution is -2.59. The fraction of sp³-hybridized carbons (Fsp3) is 0.451. The zero-order valence-corrected chi connectivity index (χ0v) is 35.8. The first-order valence-electron chi connectivity index (χ1n) is 23.1. The number of ether oxygens (including phenoxy) is 1. The van der Waals surface area contributed by atoms with Crippen LogP contribution in [-0.2, 0) is 27.3 Å². The maximum absolute atomic E-state index is 13.8. The molecule has 1 spiro atoms. The van der Waals surface area contributed by atoms with Crippen LogP contribution in [-0.4, -0.2) is 114 Å². The van der Waals surface area contributed by atoms with Gasteiger partial charge in [-0.25, -0.2) is 0 Å². The van der Waals surface area contributed by atoms with Crippen LogP contribution in [0.25, 0.3) is 0 Å². The number of anilines is 2. The molecule has 4 saturated heterocycles. The molecule has 2 N–H and O–H groups in total. The Morgan fingerprint density at radius 2 is 1.56 bits per heavy atom. The summed E-state index contributed by atoms with van der Waals surface area (Å²) in [5.74, 6) is 0.955. The van der Waals surface area contributed by atoms with Crippen LogP contribution in [0.5, 0.6) is 11.5 Å². The van der Waals surface area contributed by atoms with Crippen LogP contribution < -0.4 is 19.9 Å². The van der Waals surface area contributed by atoms with E-state index in [0.717, 1.165) is 95.6 Å². The van der Waals surface area contributed by atoms with Gasteiger partial charge in [-0.05, 0) is 120 Å². The molecule has 4 aromatic carbocycles. The minimum Gasteiger partial charge on any atom is -0.508 e. The second-order valence-electron chi connectivity index (χ2n) is 19.1. The Morgan fingerprint density at radius 1 is 0.778 bits per heavy atom. The zero-order chi connectivity index (χ0) is 42.8. The molecule has 12 nitrogen and oxygen atoms in total. The van der Waals surface area contributed by atoms with E-state index in [1.54, 1.807) is 4.90 Å². The summed E-state index contributed by atoms with van der Waals surface area (Å²) in [6, 6.07) is 29.4. The number of phenols is 1. The van der Waals surface area contributed by atoms with Crippen LogP contribution in [0.3, 0.4) is 0 Å². The third-order valence-electron chi connectivity index (χ3n) is 15.7. The highest BCUT2D eigenvalue weighted by Crippen LogP contribution is 2.48. The first kappa shape index (κ1) is 39.9. The molecule has 1 unspecified atom stereocenters. The van der Waals surface area contributed by atoms with Crippen molar-refractivity contribution in [1.82, 2.24) is 20.0 Å². The predicted octanol–water partition coefficient (Wildman–Crippen LogP) is 5.81. The number of amides is 4. The number of hydrogen-bond acceptors (Lipinski definition) is 9. The summed E-state index contributed by atoms with van der Waals surface area (Å²) in [5, 5.41) is 12.6. The molecule has 0 bridgehead atoms. The van der Waals surface area contributed by atoms with E-state index < -0.39 is 11.9 Å². The van der Waals surface area contributed by atoms with E-state index in [9.17, 15) is 24.3 Å². The molecule has 4 aromatic rings. The van der Waals surface area contributed by atoms with Gasteiger partial charge in [0.15, 0.2) is 0 Å². The number of carbonyl (C=O) groups is 4. The van der Waals surface area contributed by atoms with Crippen LogP contribution >= 0.6 is 0 Å². The molecule has 7 aliphatic rings. The van der Waals surface area contributed by atoms with Gasteiger partial charge in [0.05, 0.1) is 18.3 Å². The number of imide groups is 1. The van der Waals surface area contributed by atoms with Crippen molar-refractivity contribution in [1.29, 1.82) is 0 Å². The standard InChI is InChI=1S/C51H56N6O6/c58-39-11-13-41-35(26-39)8-12-40(33-4-2-1-3-5-33)48(41)34-6-9-37(10-7-34)54-20-16-51(17-21-54)18-22-55(23-19-51)47(60)31-53-24-25-56-38(30-53)32-63-45-28-42-36(27-44(45)56)29-57(50(42)62)43-14-15-46(59)52-49(43)61/h1-7,9-11,13,26-28,38,40,43,48,58H,8,12,14-25,29-32H2,(H,52,59,61)/t38-,40+,43?,48-/m0/s1. The maximum atomic E-state index is 13.8. The van der Waals surface area contributed by atoms with Crippen molar-refractivity contribution in [2.24, 2.45) is 5.41 Å².